The Morgan fingerprint density at radius 2 is 1.64 bits per heavy atom. The minimum Gasteiger partial charge on any atom is -0.492 e. The zero-order valence-electron chi connectivity index (χ0n) is 21.5. The first-order chi connectivity index (χ1) is 18.7. The number of aryl methyl sites for hydroxylation is 1. The van der Waals surface area contributed by atoms with Crippen LogP contribution in [0.15, 0.2) is 42.5 Å². The average molecular weight is 660 g/mol. The number of hydrogen-bond acceptors (Lipinski definition) is 6. The van der Waals surface area contributed by atoms with Gasteiger partial charge in [-0.2, -0.15) is 0 Å². The van der Waals surface area contributed by atoms with Crippen molar-refractivity contribution in [2.24, 2.45) is 29.6 Å². The lowest BCUT2D eigenvalue weighted by molar-refractivity contribution is -0.139. The van der Waals surface area contributed by atoms with Gasteiger partial charge >= 0.3 is 5.97 Å². The molecule has 6 rings (SSSR count). The highest BCUT2D eigenvalue weighted by Crippen LogP contribution is 2.60. The van der Waals surface area contributed by atoms with Gasteiger partial charge in [-0.05, 0) is 68.0 Å². The van der Waals surface area contributed by atoms with Crippen LogP contribution in [-0.2, 0) is 19.2 Å². The second kappa shape index (κ2) is 10.0. The molecule has 8 nitrogen and oxygen atoms in total. The van der Waals surface area contributed by atoms with Gasteiger partial charge in [0, 0.05) is 22.6 Å². The molecule has 0 spiro atoms. The van der Waals surface area contributed by atoms with Gasteiger partial charge in [0.1, 0.15) is 11.5 Å². The number of fused-ring (bicyclic) bond motifs is 5. The minimum absolute atomic E-state index is 0.0430. The van der Waals surface area contributed by atoms with Gasteiger partial charge in [0.15, 0.2) is 0 Å². The first kappa shape index (κ1) is 26.5. The van der Waals surface area contributed by atoms with E-state index in [-0.39, 0.29) is 64.0 Å². The Morgan fingerprint density at radius 1 is 0.974 bits per heavy atom. The second-order valence-electron chi connectivity index (χ2n) is 10.7. The summed E-state index contributed by atoms with van der Waals surface area (Å²) in [6.45, 7) is 4.33. The molecule has 3 amide bonds. The van der Waals surface area contributed by atoms with Gasteiger partial charge in [-0.25, -0.2) is 4.90 Å². The number of nitrogens with zero attached hydrogens (tertiary/aromatic N) is 2. The third kappa shape index (κ3) is 4.22. The summed E-state index contributed by atoms with van der Waals surface area (Å²) in [6.07, 6.45) is 0.917. The Hall–Kier alpha value is -2.72. The largest absolute Gasteiger partial charge is 0.492 e. The Bertz CT molecular complexity index is 1350. The molecule has 0 radical (unpaired) electrons. The maximum atomic E-state index is 13.4. The predicted molar refractivity (Wildman–Crippen MR) is 151 cm³/mol. The Labute approximate surface area is 243 Å². The number of amides is 3. The molecule has 0 unspecified atom stereocenters. The molecule has 0 aromatic heterocycles. The molecule has 2 aromatic rings. The van der Waals surface area contributed by atoms with Gasteiger partial charge < -0.3 is 14.4 Å². The van der Waals surface area contributed by atoms with Crippen LogP contribution in [0.3, 0.4) is 0 Å². The fraction of sp³-hybridized carbons (Fsp3) is 0.448. The van der Waals surface area contributed by atoms with Crippen LogP contribution in [0.2, 0.25) is 0 Å². The van der Waals surface area contributed by atoms with E-state index in [0.717, 1.165) is 6.42 Å². The van der Waals surface area contributed by atoms with E-state index in [4.69, 9.17) is 9.47 Å². The first-order valence-corrected chi connectivity index (χ1v) is 15.0. The molecule has 2 saturated carbocycles. The van der Waals surface area contributed by atoms with E-state index < -0.39 is 11.9 Å². The SMILES string of the molecule is CCOc1ccccc1N1C[C@H](C(=O)Oc2ccc(N3C(=O)[C@@H]4[C@H]5C[C@@H]([C@H](Br)[C@H]5Br)[C@@H]4C3=O)c(C)c2)CC1=O. The van der Waals surface area contributed by atoms with Crippen LogP contribution in [-0.4, -0.2) is 46.5 Å². The number of anilines is 2. The standard InChI is InChI=1S/C29H28Br2N2O6/c1-3-38-21-7-5-4-6-20(21)32-13-15(11-22(32)34)29(37)39-16-8-9-19(14(2)10-16)33-27(35)23-17-12-18(24(23)28(33)36)26(31)25(17)30/h4-10,15,17-18,23-26H,3,11-13H2,1-2H3/t15-,17-,18-,23-,24+,25+,26+/m1/s1. The molecule has 2 aromatic carbocycles. The summed E-state index contributed by atoms with van der Waals surface area (Å²) in [7, 11) is 0. The normalized spacial score (nSPS) is 31.3. The maximum Gasteiger partial charge on any atom is 0.316 e. The highest BCUT2D eigenvalue weighted by atomic mass is 79.9. The second-order valence-corrected chi connectivity index (χ2v) is 12.8. The molecule has 2 saturated heterocycles. The molecule has 2 aliphatic heterocycles. The van der Waals surface area contributed by atoms with E-state index in [0.29, 0.717) is 35.0 Å². The van der Waals surface area contributed by atoms with Gasteiger partial charge in [0.2, 0.25) is 17.7 Å². The number of carbonyl (C=O) groups excluding carboxylic acids is 4. The number of esters is 1. The van der Waals surface area contributed by atoms with Crippen LogP contribution in [0.1, 0.15) is 25.3 Å². The van der Waals surface area contributed by atoms with Crippen molar-refractivity contribution in [3.63, 3.8) is 0 Å². The quantitative estimate of drug-likeness (QED) is 0.194. The van der Waals surface area contributed by atoms with Gasteiger partial charge in [0.05, 0.1) is 35.7 Å². The Balaban J connectivity index is 1.16. The van der Waals surface area contributed by atoms with E-state index in [1.807, 2.05) is 19.1 Å². The smallest absolute Gasteiger partial charge is 0.316 e. The lowest BCUT2D eigenvalue weighted by atomic mass is 9.81. The van der Waals surface area contributed by atoms with Crippen molar-refractivity contribution in [2.75, 3.05) is 23.0 Å². The van der Waals surface area contributed by atoms with Crippen LogP contribution < -0.4 is 19.3 Å². The Kier molecular flexibility index (Phi) is 6.82. The number of imide groups is 1. The molecule has 10 heteroatoms. The van der Waals surface area contributed by atoms with Crippen molar-refractivity contribution < 1.29 is 28.7 Å². The summed E-state index contributed by atoms with van der Waals surface area (Å²) in [5, 5.41) is 0. The third-order valence-electron chi connectivity index (χ3n) is 8.53. The summed E-state index contributed by atoms with van der Waals surface area (Å²) >= 11 is 7.44. The van der Waals surface area contributed by atoms with Crippen molar-refractivity contribution in [2.45, 2.75) is 36.3 Å². The molecule has 204 valence electrons. The summed E-state index contributed by atoms with van der Waals surface area (Å²) in [5.74, 6) is -1.01. The maximum absolute atomic E-state index is 13.4. The van der Waals surface area contributed by atoms with Crippen LogP contribution in [0.4, 0.5) is 11.4 Å². The molecule has 0 N–H and O–H groups in total. The number of para-hydroxylation sites is 2. The molecule has 2 aliphatic carbocycles. The molecule has 4 fully saturated rings. The molecule has 4 aliphatic rings. The zero-order chi connectivity index (χ0) is 27.6. The molecule has 2 heterocycles. The summed E-state index contributed by atoms with van der Waals surface area (Å²) in [6, 6.07) is 12.2. The lowest BCUT2D eigenvalue weighted by Gasteiger charge is -2.28. The minimum atomic E-state index is -0.627. The van der Waals surface area contributed by atoms with E-state index in [1.165, 1.54) is 4.90 Å². The fourth-order valence-electron chi connectivity index (χ4n) is 6.78. The van der Waals surface area contributed by atoms with E-state index in [1.54, 1.807) is 42.2 Å². The Morgan fingerprint density at radius 3 is 2.28 bits per heavy atom. The van der Waals surface area contributed by atoms with Crippen molar-refractivity contribution >= 4 is 66.9 Å². The van der Waals surface area contributed by atoms with E-state index in [9.17, 15) is 19.2 Å². The van der Waals surface area contributed by atoms with Crippen LogP contribution in [0.25, 0.3) is 0 Å². The average Bonchev–Trinajstić information content (AvgIpc) is 3.63. The van der Waals surface area contributed by atoms with E-state index >= 15 is 0 Å². The monoisotopic (exact) mass is 658 g/mol. The van der Waals surface area contributed by atoms with Crippen molar-refractivity contribution in [3.05, 3.63) is 48.0 Å². The van der Waals surface area contributed by atoms with Gasteiger partial charge in [-0.15, -0.1) is 0 Å². The van der Waals surface area contributed by atoms with Gasteiger partial charge in [-0.3, -0.25) is 19.2 Å². The molecule has 2 bridgehead atoms. The molecular weight excluding hydrogens is 632 g/mol. The molecule has 7 atom stereocenters. The number of halogens is 2. The highest BCUT2D eigenvalue weighted by Gasteiger charge is 2.66. The topological polar surface area (TPSA) is 93.2 Å². The zero-order valence-corrected chi connectivity index (χ0v) is 24.7. The molecule has 39 heavy (non-hydrogen) atoms. The summed E-state index contributed by atoms with van der Waals surface area (Å²) in [4.78, 5) is 55.8. The number of benzene rings is 2. The van der Waals surface area contributed by atoms with Crippen molar-refractivity contribution in [1.82, 2.24) is 0 Å². The van der Waals surface area contributed by atoms with Gasteiger partial charge in [-0.1, -0.05) is 44.0 Å². The highest BCUT2D eigenvalue weighted by molar-refractivity contribution is 9.12. The van der Waals surface area contributed by atoms with Crippen molar-refractivity contribution in [3.8, 4) is 11.5 Å². The lowest BCUT2D eigenvalue weighted by Crippen LogP contribution is -2.37. The van der Waals surface area contributed by atoms with Crippen LogP contribution in [0.5, 0.6) is 11.5 Å². The van der Waals surface area contributed by atoms with Crippen molar-refractivity contribution in [1.29, 1.82) is 0 Å². The predicted octanol–water partition coefficient (Wildman–Crippen LogP) is 4.63. The summed E-state index contributed by atoms with van der Waals surface area (Å²) < 4.78 is 11.3. The number of ether oxygens (including phenoxy) is 2. The van der Waals surface area contributed by atoms with E-state index in [2.05, 4.69) is 31.9 Å². The summed E-state index contributed by atoms with van der Waals surface area (Å²) in [5.41, 5.74) is 1.82. The van der Waals surface area contributed by atoms with Gasteiger partial charge in [0.25, 0.3) is 0 Å². The molecular formula is C29H28Br2N2O6. The third-order valence-corrected chi connectivity index (χ3v) is 11.7. The van der Waals surface area contributed by atoms with Crippen LogP contribution in [0, 0.1) is 36.5 Å². The number of alkyl halides is 2. The van der Waals surface area contributed by atoms with Crippen LogP contribution >= 0.6 is 31.9 Å². The first-order valence-electron chi connectivity index (χ1n) is 13.2. The number of carbonyl (C=O) groups is 4. The fourth-order valence-corrected chi connectivity index (χ4v) is 8.66. The number of rotatable bonds is 6. The number of hydrogen-bond donors (Lipinski definition) is 0.